The fourth-order valence-electron chi connectivity index (χ4n) is 1.54. The second kappa shape index (κ2) is 5.99. The van der Waals surface area contributed by atoms with Gasteiger partial charge in [0, 0.05) is 18.3 Å². The number of aromatic nitrogens is 2. The number of hydrogen-bond acceptors (Lipinski definition) is 6. The zero-order chi connectivity index (χ0) is 13.7. The van der Waals surface area contributed by atoms with E-state index in [1.165, 1.54) is 6.20 Å². The molecule has 6 heteroatoms. The van der Waals surface area contributed by atoms with Crippen molar-refractivity contribution in [1.29, 1.82) is 0 Å². The average Bonchev–Trinajstić information content (AvgIpc) is 2.89. The predicted octanol–water partition coefficient (Wildman–Crippen LogP) is 2.17. The van der Waals surface area contributed by atoms with Crippen LogP contribution in [0.4, 0.5) is 5.95 Å². The number of carbonyl (C=O) groups excluding carboxylic acids is 1. The standard InChI is InChI=1S/C13H15N3O3/c1-3-19-12(17)11-7-15-13(16-9(11)2)14-6-10-4-5-18-8-10/h4-5,7-8H,3,6H2,1-2H3,(H,14,15,16). The number of nitrogens with zero attached hydrogens (tertiary/aromatic N) is 2. The van der Waals surface area contributed by atoms with Crippen LogP contribution in [0.5, 0.6) is 0 Å². The van der Waals surface area contributed by atoms with Crippen LogP contribution < -0.4 is 5.32 Å². The Morgan fingerprint density at radius 2 is 2.37 bits per heavy atom. The van der Waals surface area contributed by atoms with Crippen molar-refractivity contribution in [1.82, 2.24) is 9.97 Å². The van der Waals surface area contributed by atoms with E-state index < -0.39 is 5.97 Å². The van der Waals surface area contributed by atoms with Gasteiger partial charge in [-0.1, -0.05) is 0 Å². The van der Waals surface area contributed by atoms with E-state index in [1.54, 1.807) is 26.4 Å². The molecule has 100 valence electrons. The first kappa shape index (κ1) is 13.1. The minimum absolute atomic E-state index is 0.332. The van der Waals surface area contributed by atoms with E-state index in [2.05, 4.69) is 15.3 Å². The third kappa shape index (κ3) is 3.31. The average molecular weight is 261 g/mol. The lowest BCUT2D eigenvalue weighted by Gasteiger charge is -2.07. The van der Waals surface area contributed by atoms with Gasteiger partial charge >= 0.3 is 5.97 Å². The highest BCUT2D eigenvalue weighted by Gasteiger charge is 2.12. The minimum atomic E-state index is -0.401. The van der Waals surface area contributed by atoms with E-state index in [-0.39, 0.29) is 0 Å². The molecule has 0 amide bonds. The van der Waals surface area contributed by atoms with Crippen molar-refractivity contribution in [2.45, 2.75) is 20.4 Å². The molecule has 2 aromatic heterocycles. The SMILES string of the molecule is CCOC(=O)c1cnc(NCc2ccoc2)nc1C. The fraction of sp³-hybridized carbons (Fsp3) is 0.308. The zero-order valence-corrected chi connectivity index (χ0v) is 10.8. The lowest BCUT2D eigenvalue weighted by molar-refractivity contribution is 0.0524. The van der Waals surface area contributed by atoms with Gasteiger partial charge in [-0.05, 0) is 19.9 Å². The zero-order valence-electron chi connectivity index (χ0n) is 10.8. The normalized spacial score (nSPS) is 10.2. The Kier molecular flexibility index (Phi) is 4.12. The number of ether oxygens (including phenoxy) is 1. The fourth-order valence-corrected chi connectivity index (χ4v) is 1.54. The van der Waals surface area contributed by atoms with E-state index in [1.807, 2.05) is 6.07 Å². The molecule has 0 unspecified atom stereocenters. The van der Waals surface area contributed by atoms with Crippen LogP contribution in [-0.2, 0) is 11.3 Å². The second-order valence-corrected chi connectivity index (χ2v) is 3.90. The van der Waals surface area contributed by atoms with Gasteiger partial charge < -0.3 is 14.5 Å². The van der Waals surface area contributed by atoms with Crippen molar-refractivity contribution in [3.05, 3.63) is 41.6 Å². The van der Waals surface area contributed by atoms with Gasteiger partial charge in [-0.25, -0.2) is 14.8 Å². The van der Waals surface area contributed by atoms with Gasteiger partial charge in [0.05, 0.1) is 30.4 Å². The van der Waals surface area contributed by atoms with Crippen LogP contribution in [0.25, 0.3) is 0 Å². The van der Waals surface area contributed by atoms with Crippen LogP contribution >= 0.6 is 0 Å². The molecule has 19 heavy (non-hydrogen) atoms. The van der Waals surface area contributed by atoms with Gasteiger partial charge in [0.1, 0.15) is 0 Å². The number of hydrogen-bond donors (Lipinski definition) is 1. The number of esters is 1. The van der Waals surface area contributed by atoms with Crippen LogP contribution in [0.1, 0.15) is 28.5 Å². The highest BCUT2D eigenvalue weighted by molar-refractivity contribution is 5.90. The van der Waals surface area contributed by atoms with Gasteiger partial charge in [0.2, 0.25) is 5.95 Å². The summed E-state index contributed by atoms with van der Waals surface area (Å²) in [7, 11) is 0. The van der Waals surface area contributed by atoms with E-state index in [9.17, 15) is 4.79 Å². The van der Waals surface area contributed by atoms with Crippen LogP contribution in [0, 0.1) is 6.92 Å². The Labute approximate surface area is 110 Å². The smallest absolute Gasteiger partial charge is 0.341 e. The molecule has 2 heterocycles. The molecule has 0 saturated heterocycles. The molecule has 0 spiro atoms. The Balaban J connectivity index is 2.04. The minimum Gasteiger partial charge on any atom is -0.472 e. The molecule has 0 aliphatic carbocycles. The first-order valence-corrected chi connectivity index (χ1v) is 5.96. The van der Waals surface area contributed by atoms with Crippen molar-refractivity contribution in [3.63, 3.8) is 0 Å². The molecule has 2 rings (SSSR count). The number of anilines is 1. The summed E-state index contributed by atoms with van der Waals surface area (Å²) in [5, 5.41) is 3.05. The number of nitrogens with one attached hydrogen (secondary N) is 1. The Morgan fingerprint density at radius 1 is 1.53 bits per heavy atom. The predicted molar refractivity (Wildman–Crippen MR) is 68.8 cm³/mol. The van der Waals surface area contributed by atoms with Gasteiger partial charge in [0.15, 0.2) is 0 Å². The van der Waals surface area contributed by atoms with E-state index in [0.29, 0.717) is 30.4 Å². The quantitative estimate of drug-likeness (QED) is 0.831. The number of aryl methyl sites for hydroxylation is 1. The molecule has 0 aromatic carbocycles. The second-order valence-electron chi connectivity index (χ2n) is 3.90. The summed E-state index contributed by atoms with van der Waals surface area (Å²) in [5.41, 5.74) is 1.97. The monoisotopic (exact) mass is 261 g/mol. The largest absolute Gasteiger partial charge is 0.472 e. The first-order chi connectivity index (χ1) is 9.20. The molecule has 0 aliphatic rings. The number of furan rings is 1. The van der Waals surface area contributed by atoms with E-state index >= 15 is 0 Å². The molecule has 2 aromatic rings. The molecule has 0 fully saturated rings. The van der Waals surface area contributed by atoms with Crippen molar-refractivity contribution in [3.8, 4) is 0 Å². The summed E-state index contributed by atoms with van der Waals surface area (Å²) in [6.07, 6.45) is 4.72. The molecule has 0 atom stereocenters. The molecule has 0 aliphatic heterocycles. The first-order valence-electron chi connectivity index (χ1n) is 5.96. The third-order valence-corrected chi connectivity index (χ3v) is 2.51. The van der Waals surface area contributed by atoms with Crippen LogP contribution in [-0.4, -0.2) is 22.5 Å². The maximum atomic E-state index is 11.6. The molecular weight excluding hydrogens is 246 g/mol. The molecule has 1 N–H and O–H groups in total. The van der Waals surface area contributed by atoms with E-state index in [4.69, 9.17) is 9.15 Å². The summed E-state index contributed by atoms with van der Waals surface area (Å²) < 4.78 is 9.88. The highest BCUT2D eigenvalue weighted by Crippen LogP contribution is 2.10. The summed E-state index contributed by atoms with van der Waals surface area (Å²) in [5.74, 6) is 0.0631. The molecule has 0 bridgehead atoms. The highest BCUT2D eigenvalue weighted by atomic mass is 16.5. The lowest BCUT2D eigenvalue weighted by Crippen LogP contribution is -2.11. The van der Waals surface area contributed by atoms with Crippen molar-refractivity contribution in [2.24, 2.45) is 0 Å². The van der Waals surface area contributed by atoms with Crippen molar-refractivity contribution in [2.75, 3.05) is 11.9 Å². The maximum Gasteiger partial charge on any atom is 0.341 e. The van der Waals surface area contributed by atoms with Crippen LogP contribution in [0.2, 0.25) is 0 Å². The Morgan fingerprint density at radius 3 is 3.00 bits per heavy atom. The molecule has 0 saturated carbocycles. The maximum absolute atomic E-state index is 11.6. The summed E-state index contributed by atoms with van der Waals surface area (Å²) in [4.78, 5) is 19.9. The topological polar surface area (TPSA) is 77.2 Å². The molecular formula is C13H15N3O3. The Hall–Kier alpha value is -2.37. The summed E-state index contributed by atoms with van der Waals surface area (Å²) in [6.45, 7) is 4.40. The Bertz CT molecular complexity index is 552. The van der Waals surface area contributed by atoms with Gasteiger partial charge in [-0.2, -0.15) is 0 Å². The molecule has 6 nitrogen and oxygen atoms in total. The van der Waals surface area contributed by atoms with Crippen molar-refractivity contribution >= 4 is 11.9 Å². The van der Waals surface area contributed by atoms with Crippen LogP contribution in [0.3, 0.4) is 0 Å². The van der Waals surface area contributed by atoms with Gasteiger partial charge in [-0.3, -0.25) is 0 Å². The lowest BCUT2D eigenvalue weighted by atomic mass is 10.2. The third-order valence-electron chi connectivity index (χ3n) is 2.51. The number of carbonyl (C=O) groups is 1. The summed E-state index contributed by atoms with van der Waals surface area (Å²) >= 11 is 0. The number of rotatable bonds is 5. The van der Waals surface area contributed by atoms with Gasteiger partial charge in [0.25, 0.3) is 0 Å². The molecule has 0 radical (unpaired) electrons. The van der Waals surface area contributed by atoms with E-state index in [0.717, 1.165) is 5.56 Å². The summed E-state index contributed by atoms with van der Waals surface area (Å²) in [6, 6.07) is 1.85. The van der Waals surface area contributed by atoms with Crippen LogP contribution in [0.15, 0.2) is 29.2 Å². The van der Waals surface area contributed by atoms with Crippen molar-refractivity contribution < 1.29 is 13.9 Å². The van der Waals surface area contributed by atoms with Gasteiger partial charge in [-0.15, -0.1) is 0 Å².